The molecule has 2 aliphatic rings. The highest BCUT2D eigenvalue weighted by Crippen LogP contribution is 2.41. The molecule has 9 heteroatoms. The topological polar surface area (TPSA) is 107 Å². The van der Waals surface area contributed by atoms with Crippen LogP contribution in [0.25, 0.3) is 5.70 Å². The molecule has 2 heterocycles. The highest BCUT2D eigenvalue weighted by molar-refractivity contribution is 5.81. The van der Waals surface area contributed by atoms with Crippen molar-refractivity contribution >= 4 is 17.5 Å². The van der Waals surface area contributed by atoms with E-state index in [9.17, 15) is 14.9 Å². The molecule has 0 aromatic carbocycles. The summed E-state index contributed by atoms with van der Waals surface area (Å²) in [6.45, 7) is 6.67. The standard InChI is InChI=1S/C19H26N4O5/c1-19(2,3)28-18(24)21-12-6-5-9-22(11-12)17-15(27-4)10-20-13-7-8-14(16(13)17)23(25)26/h8,10,12H,5-7,9,11H2,1-4H3,(H,21,24)/t12-/m1/s1. The van der Waals surface area contributed by atoms with E-state index in [0.29, 0.717) is 42.2 Å². The van der Waals surface area contributed by atoms with E-state index < -0.39 is 11.7 Å². The van der Waals surface area contributed by atoms with E-state index in [2.05, 4.69) is 10.3 Å². The van der Waals surface area contributed by atoms with Crippen LogP contribution in [0.3, 0.4) is 0 Å². The lowest BCUT2D eigenvalue weighted by atomic mass is 10.0. The van der Waals surface area contributed by atoms with Gasteiger partial charge in [-0.2, -0.15) is 0 Å². The number of hydrogen-bond donors (Lipinski definition) is 1. The molecule has 0 saturated carbocycles. The van der Waals surface area contributed by atoms with Crippen LogP contribution in [0.2, 0.25) is 0 Å². The van der Waals surface area contributed by atoms with E-state index >= 15 is 0 Å². The van der Waals surface area contributed by atoms with Crippen LogP contribution >= 0.6 is 0 Å². The van der Waals surface area contributed by atoms with Crippen LogP contribution in [0.5, 0.6) is 5.75 Å². The van der Waals surface area contributed by atoms with Gasteiger partial charge in [-0.1, -0.05) is 0 Å². The summed E-state index contributed by atoms with van der Waals surface area (Å²) in [4.78, 5) is 29.6. The van der Waals surface area contributed by atoms with Crippen LogP contribution in [-0.4, -0.2) is 47.8 Å². The third kappa shape index (κ3) is 4.18. The van der Waals surface area contributed by atoms with Crippen LogP contribution in [0, 0.1) is 10.1 Å². The van der Waals surface area contributed by atoms with Gasteiger partial charge in [0.2, 0.25) is 0 Å². The monoisotopic (exact) mass is 390 g/mol. The van der Waals surface area contributed by atoms with Gasteiger partial charge in [-0.05, 0) is 33.6 Å². The zero-order chi connectivity index (χ0) is 20.5. The summed E-state index contributed by atoms with van der Waals surface area (Å²) in [7, 11) is 1.53. The van der Waals surface area contributed by atoms with Gasteiger partial charge < -0.3 is 19.7 Å². The molecule has 1 saturated heterocycles. The fraction of sp³-hybridized carbons (Fsp3) is 0.579. The number of nitrogens with one attached hydrogen (secondary N) is 1. The SMILES string of the molecule is COc1cnc2c(c1N1CCC[C@@H](NC(=O)OC(C)(C)C)C1)C([N+](=O)[O-])=CC2. The number of ether oxygens (including phenoxy) is 2. The first kappa shape index (κ1) is 19.9. The molecule has 1 aromatic rings. The molecule has 0 unspecified atom stereocenters. The minimum atomic E-state index is -0.570. The van der Waals surface area contributed by atoms with Gasteiger partial charge in [-0.25, -0.2) is 4.79 Å². The molecule has 1 aliphatic heterocycles. The Morgan fingerprint density at radius 2 is 2.18 bits per heavy atom. The second-order valence-electron chi connectivity index (χ2n) is 7.98. The first-order valence-corrected chi connectivity index (χ1v) is 9.35. The summed E-state index contributed by atoms with van der Waals surface area (Å²) in [5, 5.41) is 14.4. The quantitative estimate of drug-likeness (QED) is 0.622. The van der Waals surface area contributed by atoms with Crippen molar-refractivity contribution in [1.29, 1.82) is 0 Å². The van der Waals surface area contributed by atoms with Crippen LogP contribution in [0.1, 0.15) is 44.9 Å². The number of nitro groups is 1. The van der Waals surface area contributed by atoms with Crippen molar-refractivity contribution in [2.75, 3.05) is 25.1 Å². The Balaban J connectivity index is 1.85. The molecular weight excluding hydrogens is 364 g/mol. The Morgan fingerprint density at radius 3 is 2.82 bits per heavy atom. The zero-order valence-corrected chi connectivity index (χ0v) is 16.7. The summed E-state index contributed by atoms with van der Waals surface area (Å²) in [5.41, 5.74) is 1.34. The van der Waals surface area contributed by atoms with Crippen LogP contribution in [0.4, 0.5) is 10.5 Å². The lowest BCUT2D eigenvalue weighted by Crippen LogP contribution is -2.49. The largest absolute Gasteiger partial charge is 0.493 e. The summed E-state index contributed by atoms with van der Waals surface area (Å²) in [5.74, 6) is 0.492. The fourth-order valence-corrected chi connectivity index (χ4v) is 3.64. The number of anilines is 1. The number of methoxy groups -OCH3 is 1. The molecule has 1 atom stereocenters. The lowest BCUT2D eigenvalue weighted by molar-refractivity contribution is -0.375. The number of piperidine rings is 1. The Hall–Kier alpha value is -2.84. The van der Waals surface area contributed by atoms with E-state index in [1.165, 1.54) is 7.11 Å². The minimum absolute atomic E-state index is 0.0543. The third-order valence-electron chi connectivity index (χ3n) is 4.72. The maximum atomic E-state index is 12.1. The molecule has 0 spiro atoms. The number of hydrogen-bond acceptors (Lipinski definition) is 7. The Labute approximate surface area is 163 Å². The highest BCUT2D eigenvalue weighted by atomic mass is 16.6. The van der Waals surface area contributed by atoms with E-state index in [0.717, 1.165) is 12.8 Å². The van der Waals surface area contributed by atoms with Crippen molar-refractivity contribution < 1.29 is 19.2 Å². The highest BCUT2D eigenvalue weighted by Gasteiger charge is 2.35. The Bertz CT molecular complexity index is 815. The van der Waals surface area contributed by atoms with Gasteiger partial charge in [0.15, 0.2) is 5.75 Å². The molecule has 152 valence electrons. The smallest absolute Gasteiger partial charge is 0.407 e. The van der Waals surface area contributed by atoms with Crippen molar-refractivity contribution in [3.05, 3.63) is 33.6 Å². The van der Waals surface area contributed by atoms with E-state index in [4.69, 9.17) is 9.47 Å². The zero-order valence-electron chi connectivity index (χ0n) is 16.7. The summed E-state index contributed by atoms with van der Waals surface area (Å²) in [6.07, 6.45) is 4.80. The van der Waals surface area contributed by atoms with Gasteiger partial charge in [-0.3, -0.25) is 15.1 Å². The van der Waals surface area contributed by atoms with Gasteiger partial charge >= 0.3 is 6.09 Å². The number of carbonyl (C=O) groups is 1. The summed E-state index contributed by atoms with van der Waals surface area (Å²) < 4.78 is 10.8. The molecule has 1 N–H and O–H groups in total. The molecule has 3 rings (SSSR count). The van der Waals surface area contributed by atoms with Crippen molar-refractivity contribution in [2.45, 2.75) is 51.7 Å². The van der Waals surface area contributed by atoms with Crippen molar-refractivity contribution in [2.24, 2.45) is 0 Å². The van der Waals surface area contributed by atoms with E-state index in [1.807, 2.05) is 25.7 Å². The van der Waals surface area contributed by atoms with Gasteiger partial charge in [0, 0.05) is 31.6 Å². The molecule has 0 radical (unpaired) electrons. The molecule has 1 fully saturated rings. The van der Waals surface area contributed by atoms with Gasteiger partial charge in [0.1, 0.15) is 11.2 Å². The molecule has 0 bridgehead atoms. The van der Waals surface area contributed by atoms with E-state index in [1.54, 1.807) is 12.3 Å². The fourth-order valence-electron chi connectivity index (χ4n) is 3.64. The third-order valence-corrected chi connectivity index (χ3v) is 4.72. The number of pyridine rings is 1. The normalized spacial score (nSPS) is 18.9. The second kappa shape index (κ2) is 7.65. The summed E-state index contributed by atoms with van der Waals surface area (Å²) in [6, 6.07) is -0.124. The second-order valence-corrected chi connectivity index (χ2v) is 7.98. The number of alkyl carbamates (subject to hydrolysis) is 1. The average Bonchev–Trinajstić information content (AvgIpc) is 3.03. The van der Waals surface area contributed by atoms with Crippen molar-refractivity contribution in [3.63, 3.8) is 0 Å². The van der Waals surface area contributed by atoms with Gasteiger partial charge in [0.25, 0.3) is 5.70 Å². The van der Waals surface area contributed by atoms with Crippen LogP contribution in [-0.2, 0) is 11.2 Å². The number of rotatable bonds is 4. The number of fused-ring (bicyclic) bond motifs is 1. The number of aromatic nitrogens is 1. The predicted octanol–water partition coefficient (Wildman–Crippen LogP) is 2.76. The van der Waals surface area contributed by atoms with Crippen LogP contribution < -0.4 is 15.0 Å². The van der Waals surface area contributed by atoms with E-state index in [-0.39, 0.29) is 16.7 Å². The lowest BCUT2D eigenvalue weighted by Gasteiger charge is -2.36. The van der Waals surface area contributed by atoms with Gasteiger partial charge in [0.05, 0.1) is 29.6 Å². The molecule has 1 aliphatic carbocycles. The maximum Gasteiger partial charge on any atom is 0.407 e. The number of carbonyl (C=O) groups excluding carboxylic acids is 1. The molecule has 28 heavy (non-hydrogen) atoms. The maximum absolute atomic E-state index is 12.1. The number of nitrogens with zero attached hydrogens (tertiary/aromatic N) is 3. The number of allylic oxidation sites excluding steroid dienone is 1. The van der Waals surface area contributed by atoms with Gasteiger partial charge in [-0.15, -0.1) is 0 Å². The molecular formula is C19H26N4O5. The van der Waals surface area contributed by atoms with Crippen molar-refractivity contribution in [3.8, 4) is 5.75 Å². The van der Waals surface area contributed by atoms with Crippen LogP contribution in [0.15, 0.2) is 12.3 Å². The predicted molar refractivity (Wildman–Crippen MR) is 104 cm³/mol. The molecule has 1 amide bonds. The first-order valence-electron chi connectivity index (χ1n) is 9.35. The summed E-state index contributed by atoms with van der Waals surface area (Å²) >= 11 is 0. The average molecular weight is 390 g/mol. The molecule has 9 nitrogen and oxygen atoms in total. The van der Waals surface area contributed by atoms with Crippen molar-refractivity contribution in [1.82, 2.24) is 10.3 Å². The Kier molecular flexibility index (Phi) is 5.44. The first-order chi connectivity index (χ1) is 13.2. The molecule has 1 aromatic heterocycles. The number of amides is 1. The minimum Gasteiger partial charge on any atom is -0.493 e. The Morgan fingerprint density at radius 1 is 1.43 bits per heavy atom.